The Morgan fingerprint density at radius 3 is 1.77 bits per heavy atom. The predicted molar refractivity (Wildman–Crippen MR) is 133 cm³/mol. The van der Waals surface area contributed by atoms with Crippen LogP contribution in [-0.4, -0.2) is 10.2 Å². The number of halogens is 9. The van der Waals surface area contributed by atoms with E-state index in [0.717, 1.165) is 0 Å². The molecule has 14 heteroatoms. The van der Waals surface area contributed by atoms with Gasteiger partial charge in [0.2, 0.25) is 5.88 Å². The van der Waals surface area contributed by atoms with Gasteiger partial charge in [0.05, 0.1) is 28.1 Å². The molecule has 0 fully saturated rings. The first-order chi connectivity index (χ1) is 19.7. The van der Waals surface area contributed by atoms with Gasteiger partial charge in [-0.2, -0.15) is 44.6 Å². The average Bonchev–Trinajstić information content (AvgIpc) is 3.34. The second kappa shape index (κ2) is 10.5. The summed E-state index contributed by atoms with van der Waals surface area (Å²) in [6, 6.07) is 19.6. The summed E-state index contributed by atoms with van der Waals surface area (Å²) < 4.78 is 134. The number of aromatic nitrogens is 2. The normalized spacial score (nSPS) is 12.6. The van der Waals surface area contributed by atoms with Crippen molar-refractivity contribution in [2.24, 2.45) is 0 Å². The Morgan fingerprint density at radius 2 is 1.21 bits per heavy atom. The summed E-state index contributed by atoms with van der Waals surface area (Å²) in [5, 5.41) is 10.2. The molecule has 1 radical (unpaired) electrons. The minimum Gasteiger partial charge on any atom is -0.518 e. The molecule has 6 rings (SSSR count). The van der Waals surface area contributed by atoms with Crippen LogP contribution in [0.5, 0.6) is 11.6 Å². The van der Waals surface area contributed by atoms with E-state index in [2.05, 4.69) is 16.3 Å². The van der Waals surface area contributed by atoms with Gasteiger partial charge in [-0.05, 0) is 34.4 Å². The molecule has 0 aliphatic carbocycles. The van der Waals surface area contributed by atoms with E-state index < -0.39 is 46.8 Å². The maximum Gasteiger partial charge on any atom is 0.417 e. The Balaban J connectivity index is 0.00000368. The van der Waals surface area contributed by atoms with Gasteiger partial charge in [-0.1, -0.05) is 48.5 Å². The van der Waals surface area contributed by atoms with Crippen molar-refractivity contribution in [1.29, 1.82) is 0 Å². The summed E-state index contributed by atoms with van der Waals surface area (Å²) in [7, 11) is 0. The third kappa shape index (κ3) is 5.64. The Hall–Kier alpha value is -4.16. The van der Waals surface area contributed by atoms with E-state index in [4.69, 9.17) is 9.15 Å². The van der Waals surface area contributed by atoms with Gasteiger partial charge in [0.25, 0.3) is 0 Å². The van der Waals surface area contributed by atoms with E-state index in [1.54, 1.807) is 54.6 Å². The molecule has 0 atom stereocenters. The third-order valence-corrected chi connectivity index (χ3v) is 6.40. The van der Waals surface area contributed by atoms with Gasteiger partial charge in [0.15, 0.2) is 0 Å². The zero-order valence-corrected chi connectivity index (χ0v) is 23.3. The zero-order chi connectivity index (χ0) is 30.0. The largest absolute Gasteiger partial charge is 0.518 e. The smallest absolute Gasteiger partial charge is 0.417 e. The summed E-state index contributed by atoms with van der Waals surface area (Å²) in [4.78, 5) is 0. The van der Waals surface area contributed by atoms with Crippen LogP contribution in [-0.2, 0) is 38.6 Å². The number of nitrogens with zero attached hydrogens (tertiary/aromatic N) is 2. The topological polar surface area (TPSA) is 48.2 Å². The molecule has 2 heterocycles. The number of benzene rings is 4. The monoisotopic (exact) mass is 784 g/mol. The molecule has 223 valence electrons. The van der Waals surface area contributed by atoms with Crippen LogP contribution < -0.4 is 4.74 Å². The van der Waals surface area contributed by atoms with E-state index in [9.17, 15) is 39.5 Å². The van der Waals surface area contributed by atoms with Gasteiger partial charge in [-0.3, -0.25) is 0 Å². The minimum atomic E-state index is -5.97. The molecule has 0 amide bonds. The fourth-order valence-electron chi connectivity index (χ4n) is 4.62. The van der Waals surface area contributed by atoms with Crippen LogP contribution in [0.1, 0.15) is 16.7 Å². The van der Waals surface area contributed by atoms with Gasteiger partial charge in [-0.25, -0.2) is 0 Å². The molecule has 4 aromatic carbocycles. The standard InChI is InChI=1S/C29H12F9N2O2.Ir/c30-27(31,32)20-12-17(13-21(28(33,34)35)24(20)29(36,37)38)41-26-19-10-15-6-2-1-5-14(15)9-18(19)25(39-40-26)23-11-16-7-3-4-8-22(16)42-23;/h1-10,12-13H;/q-1;. The molecular weight excluding hydrogens is 772 g/mol. The Morgan fingerprint density at radius 1 is 0.651 bits per heavy atom. The number of hydrogen-bond donors (Lipinski definition) is 0. The molecule has 4 nitrogen and oxygen atoms in total. The minimum absolute atomic E-state index is 0. The molecule has 0 aliphatic rings. The molecule has 0 spiro atoms. The van der Waals surface area contributed by atoms with Crippen molar-refractivity contribution < 1.29 is 68.8 Å². The van der Waals surface area contributed by atoms with Crippen molar-refractivity contribution in [2.45, 2.75) is 18.5 Å². The van der Waals surface area contributed by atoms with Crippen molar-refractivity contribution in [2.75, 3.05) is 0 Å². The van der Waals surface area contributed by atoms with Gasteiger partial charge >= 0.3 is 18.5 Å². The van der Waals surface area contributed by atoms with Crippen molar-refractivity contribution >= 4 is 32.5 Å². The summed E-state index contributed by atoms with van der Waals surface area (Å²) in [6.07, 6.45) is -17.6. The second-order valence-electron chi connectivity index (χ2n) is 9.14. The Labute approximate surface area is 248 Å². The van der Waals surface area contributed by atoms with E-state index in [0.29, 0.717) is 21.7 Å². The number of para-hydroxylation sites is 1. The molecule has 0 saturated carbocycles. The van der Waals surface area contributed by atoms with Gasteiger partial charge in [0.1, 0.15) is 5.75 Å². The van der Waals surface area contributed by atoms with Crippen molar-refractivity contribution in [3.8, 4) is 23.1 Å². The number of rotatable bonds is 3. The maximum absolute atomic E-state index is 13.7. The van der Waals surface area contributed by atoms with E-state index in [1.165, 1.54) is 6.07 Å². The molecule has 6 aromatic rings. The first-order valence-electron chi connectivity index (χ1n) is 11.9. The van der Waals surface area contributed by atoms with E-state index in [1.807, 2.05) is 0 Å². The Bertz CT molecular complexity index is 1930. The van der Waals surface area contributed by atoms with E-state index in [-0.39, 0.29) is 54.5 Å². The number of hydrogen-bond acceptors (Lipinski definition) is 4. The van der Waals surface area contributed by atoms with Crippen LogP contribution in [0.3, 0.4) is 0 Å². The predicted octanol–water partition coefficient (Wildman–Crippen LogP) is 9.84. The first-order valence-corrected chi connectivity index (χ1v) is 11.9. The molecule has 0 saturated heterocycles. The van der Waals surface area contributed by atoms with Gasteiger partial charge in [0, 0.05) is 31.1 Å². The van der Waals surface area contributed by atoms with Crippen LogP contribution in [0.25, 0.3) is 44.0 Å². The van der Waals surface area contributed by atoms with Gasteiger partial charge in [-0.15, -0.1) is 22.6 Å². The van der Waals surface area contributed by atoms with E-state index >= 15 is 0 Å². The second-order valence-corrected chi connectivity index (χ2v) is 9.14. The van der Waals surface area contributed by atoms with Crippen LogP contribution in [0.4, 0.5) is 39.5 Å². The number of fused-ring (bicyclic) bond motifs is 3. The first kappa shape index (κ1) is 30.3. The molecular formula is C29H12F9IrN2O2-. The Kier molecular flexibility index (Phi) is 7.42. The van der Waals surface area contributed by atoms with Crippen molar-refractivity contribution in [3.63, 3.8) is 0 Å². The molecule has 0 unspecified atom stereocenters. The summed E-state index contributed by atoms with van der Waals surface area (Å²) in [5.74, 6) is -1.57. The molecule has 0 N–H and O–H groups in total. The molecule has 2 aromatic heterocycles. The quantitative estimate of drug-likeness (QED) is 0.102. The summed E-state index contributed by atoms with van der Waals surface area (Å²) in [6.45, 7) is 0. The van der Waals surface area contributed by atoms with Crippen LogP contribution in [0, 0.1) is 6.07 Å². The maximum atomic E-state index is 13.7. The van der Waals surface area contributed by atoms with Crippen LogP contribution in [0.15, 0.2) is 77.2 Å². The molecule has 0 bridgehead atoms. The van der Waals surface area contributed by atoms with Crippen molar-refractivity contribution in [3.05, 3.63) is 95.6 Å². The molecule has 43 heavy (non-hydrogen) atoms. The fourth-order valence-corrected chi connectivity index (χ4v) is 4.62. The average molecular weight is 784 g/mol. The molecule has 0 aliphatic heterocycles. The van der Waals surface area contributed by atoms with Gasteiger partial charge < -0.3 is 9.15 Å². The number of alkyl halides is 9. The van der Waals surface area contributed by atoms with Crippen LogP contribution in [0.2, 0.25) is 0 Å². The third-order valence-electron chi connectivity index (χ3n) is 6.40. The summed E-state index contributed by atoms with van der Waals surface area (Å²) in [5.41, 5.74) is -7.38. The van der Waals surface area contributed by atoms with Crippen LogP contribution >= 0.6 is 0 Å². The van der Waals surface area contributed by atoms with Crippen molar-refractivity contribution in [1.82, 2.24) is 10.2 Å². The summed E-state index contributed by atoms with van der Waals surface area (Å²) >= 11 is 0. The SMILES string of the molecule is FC(F)(F)c1cc(Oc2nnc(-c3[c-]c4ccccc4o3)c3cc4ccccc4cc23)cc(C(F)(F)F)c1C(F)(F)F.[Ir]. The fraction of sp³-hybridized carbons (Fsp3) is 0.103. The zero-order valence-electron chi connectivity index (χ0n) is 20.9. The number of ether oxygens (including phenoxy) is 1. The number of furan rings is 1.